The second-order valence-electron chi connectivity index (χ2n) is 10.1. The minimum absolute atomic E-state index is 0.0561. The van der Waals surface area contributed by atoms with Crippen molar-refractivity contribution in [1.82, 2.24) is 4.90 Å². The summed E-state index contributed by atoms with van der Waals surface area (Å²) >= 11 is 0. The average Bonchev–Trinajstić information content (AvgIpc) is 2.60. The Morgan fingerprint density at radius 3 is 2.07 bits per heavy atom. The zero-order valence-electron chi connectivity index (χ0n) is 19.1. The van der Waals surface area contributed by atoms with Crippen molar-refractivity contribution in [1.29, 1.82) is 0 Å². The maximum absolute atomic E-state index is 12.6. The molecule has 1 aromatic carbocycles. The van der Waals surface area contributed by atoms with Crippen molar-refractivity contribution in [2.75, 3.05) is 36.4 Å². The van der Waals surface area contributed by atoms with Gasteiger partial charge in [0.05, 0.1) is 0 Å². The van der Waals surface area contributed by atoms with Crippen LogP contribution in [-0.2, 0) is 9.59 Å². The first-order valence-electron chi connectivity index (χ1n) is 11.0. The van der Waals surface area contributed by atoms with Crippen LogP contribution in [0.25, 0.3) is 0 Å². The van der Waals surface area contributed by atoms with Gasteiger partial charge < -0.3 is 15.1 Å². The van der Waals surface area contributed by atoms with Crippen molar-refractivity contribution in [3.05, 3.63) is 24.3 Å². The molecule has 1 atom stereocenters. The monoisotopic (exact) mass is 401 g/mol. The molecule has 0 unspecified atom stereocenters. The van der Waals surface area contributed by atoms with Gasteiger partial charge in [0.25, 0.3) is 0 Å². The van der Waals surface area contributed by atoms with E-state index in [-0.39, 0.29) is 17.2 Å². The second-order valence-corrected chi connectivity index (χ2v) is 10.1. The number of piperazine rings is 1. The summed E-state index contributed by atoms with van der Waals surface area (Å²) in [6, 6.07) is 8.01. The van der Waals surface area contributed by atoms with Gasteiger partial charge in [-0.2, -0.15) is 0 Å². The van der Waals surface area contributed by atoms with Gasteiger partial charge in [-0.15, -0.1) is 0 Å². The van der Waals surface area contributed by atoms with Crippen LogP contribution in [0.15, 0.2) is 24.3 Å². The SMILES string of the molecule is CC(C)CC(=O)Nc1ccc(N2CCN(C(=O)C[C@H](C)CC(C)(C)C)CC2)cc1. The number of rotatable bonds is 7. The van der Waals surface area contributed by atoms with Crippen molar-refractivity contribution in [3.8, 4) is 0 Å². The Morgan fingerprint density at radius 1 is 0.966 bits per heavy atom. The van der Waals surface area contributed by atoms with Crippen molar-refractivity contribution in [2.24, 2.45) is 17.3 Å². The molecule has 5 heteroatoms. The average molecular weight is 402 g/mol. The van der Waals surface area contributed by atoms with E-state index in [0.29, 0.717) is 24.7 Å². The number of nitrogens with zero attached hydrogens (tertiary/aromatic N) is 2. The summed E-state index contributed by atoms with van der Waals surface area (Å²) in [6.45, 7) is 16.2. The molecule has 0 radical (unpaired) electrons. The van der Waals surface area contributed by atoms with Gasteiger partial charge in [-0.05, 0) is 47.9 Å². The summed E-state index contributed by atoms with van der Waals surface area (Å²) in [5.41, 5.74) is 2.24. The predicted octanol–water partition coefficient (Wildman–Crippen LogP) is 4.78. The van der Waals surface area contributed by atoms with Crippen molar-refractivity contribution in [2.45, 2.75) is 60.8 Å². The van der Waals surface area contributed by atoms with E-state index in [2.05, 4.69) is 37.9 Å². The third kappa shape index (κ3) is 8.08. The van der Waals surface area contributed by atoms with Gasteiger partial charge in [0, 0.05) is 50.4 Å². The molecule has 1 aliphatic rings. The number of carbonyl (C=O) groups excluding carboxylic acids is 2. The molecule has 0 saturated carbocycles. The Morgan fingerprint density at radius 2 is 1.55 bits per heavy atom. The quantitative estimate of drug-likeness (QED) is 0.715. The van der Waals surface area contributed by atoms with Gasteiger partial charge in [-0.3, -0.25) is 9.59 Å². The Kier molecular flexibility index (Phi) is 8.12. The molecule has 1 fully saturated rings. The molecule has 2 amide bonds. The van der Waals surface area contributed by atoms with Crippen LogP contribution in [0.3, 0.4) is 0 Å². The highest BCUT2D eigenvalue weighted by atomic mass is 16.2. The Balaban J connectivity index is 1.81. The fraction of sp³-hybridized carbons (Fsp3) is 0.667. The molecule has 1 heterocycles. The third-order valence-corrected chi connectivity index (χ3v) is 5.23. The van der Waals surface area contributed by atoms with Crippen LogP contribution >= 0.6 is 0 Å². The number of carbonyl (C=O) groups is 2. The highest BCUT2D eigenvalue weighted by Crippen LogP contribution is 2.27. The zero-order valence-corrected chi connectivity index (χ0v) is 19.1. The van der Waals surface area contributed by atoms with E-state index in [1.54, 1.807) is 0 Å². The Labute approximate surface area is 176 Å². The van der Waals surface area contributed by atoms with Gasteiger partial charge in [0.1, 0.15) is 0 Å². The van der Waals surface area contributed by atoms with Crippen LogP contribution in [0, 0.1) is 17.3 Å². The molecule has 1 aromatic rings. The lowest BCUT2D eigenvalue weighted by Crippen LogP contribution is -2.49. The number of benzene rings is 1. The van der Waals surface area contributed by atoms with E-state index in [1.807, 2.05) is 43.0 Å². The predicted molar refractivity (Wildman–Crippen MR) is 121 cm³/mol. The summed E-state index contributed by atoms with van der Waals surface area (Å²) in [6.07, 6.45) is 2.24. The number of hydrogen-bond donors (Lipinski definition) is 1. The lowest BCUT2D eigenvalue weighted by Gasteiger charge is -2.37. The minimum atomic E-state index is 0.0561. The van der Waals surface area contributed by atoms with E-state index < -0.39 is 0 Å². The van der Waals surface area contributed by atoms with Crippen LogP contribution in [0.2, 0.25) is 0 Å². The summed E-state index contributed by atoms with van der Waals surface area (Å²) < 4.78 is 0. The molecule has 0 bridgehead atoms. The van der Waals surface area contributed by atoms with Crippen molar-refractivity contribution < 1.29 is 9.59 Å². The molecule has 1 saturated heterocycles. The summed E-state index contributed by atoms with van der Waals surface area (Å²) in [4.78, 5) is 28.8. The number of anilines is 2. The molecular formula is C24H39N3O2. The smallest absolute Gasteiger partial charge is 0.224 e. The Bertz CT molecular complexity index is 668. The standard InChI is InChI=1S/C24H39N3O2/c1-18(2)15-22(28)25-20-7-9-21(10-8-20)26-11-13-27(14-12-26)23(29)16-19(3)17-24(4,5)6/h7-10,18-19H,11-17H2,1-6H3,(H,25,28)/t19-/m0/s1. The molecular weight excluding hydrogens is 362 g/mol. The summed E-state index contributed by atoms with van der Waals surface area (Å²) in [5, 5.41) is 2.95. The van der Waals surface area contributed by atoms with E-state index in [4.69, 9.17) is 0 Å². The topological polar surface area (TPSA) is 52.7 Å². The molecule has 0 aliphatic carbocycles. The highest BCUT2D eigenvalue weighted by molar-refractivity contribution is 5.91. The molecule has 162 valence electrons. The fourth-order valence-corrected chi connectivity index (χ4v) is 4.10. The molecule has 2 rings (SSSR count). The number of nitrogens with one attached hydrogen (secondary N) is 1. The van der Waals surface area contributed by atoms with Gasteiger partial charge >= 0.3 is 0 Å². The van der Waals surface area contributed by atoms with E-state index >= 15 is 0 Å². The maximum Gasteiger partial charge on any atom is 0.224 e. The van der Waals surface area contributed by atoms with Gasteiger partial charge in [-0.1, -0.05) is 41.5 Å². The first kappa shape index (κ1) is 23.2. The minimum Gasteiger partial charge on any atom is -0.368 e. The highest BCUT2D eigenvalue weighted by Gasteiger charge is 2.24. The van der Waals surface area contributed by atoms with Gasteiger partial charge in [0.2, 0.25) is 11.8 Å². The summed E-state index contributed by atoms with van der Waals surface area (Å²) in [5.74, 6) is 1.11. The molecule has 29 heavy (non-hydrogen) atoms. The first-order valence-corrected chi connectivity index (χ1v) is 11.0. The van der Waals surface area contributed by atoms with Gasteiger partial charge in [0.15, 0.2) is 0 Å². The normalized spacial score (nSPS) is 16.1. The van der Waals surface area contributed by atoms with Crippen LogP contribution in [0.4, 0.5) is 11.4 Å². The fourth-order valence-electron chi connectivity index (χ4n) is 4.10. The second kappa shape index (κ2) is 10.1. The number of amides is 2. The third-order valence-electron chi connectivity index (χ3n) is 5.23. The van der Waals surface area contributed by atoms with Crippen molar-refractivity contribution in [3.63, 3.8) is 0 Å². The van der Waals surface area contributed by atoms with Crippen LogP contribution in [0.5, 0.6) is 0 Å². The summed E-state index contributed by atoms with van der Waals surface area (Å²) in [7, 11) is 0. The van der Waals surface area contributed by atoms with Crippen molar-refractivity contribution >= 4 is 23.2 Å². The zero-order chi connectivity index (χ0) is 21.6. The van der Waals surface area contributed by atoms with E-state index in [9.17, 15) is 9.59 Å². The maximum atomic E-state index is 12.6. The van der Waals surface area contributed by atoms with E-state index in [1.165, 1.54) is 0 Å². The largest absolute Gasteiger partial charge is 0.368 e. The molecule has 1 N–H and O–H groups in total. The number of hydrogen-bond acceptors (Lipinski definition) is 3. The van der Waals surface area contributed by atoms with Crippen LogP contribution < -0.4 is 10.2 Å². The Hall–Kier alpha value is -2.04. The molecule has 1 aliphatic heterocycles. The lowest BCUT2D eigenvalue weighted by molar-refractivity contribution is -0.132. The first-order chi connectivity index (χ1) is 13.5. The van der Waals surface area contributed by atoms with Crippen LogP contribution in [0.1, 0.15) is 60.8 Å². The lowest BCUT2D eigenvalue weighted by atomic mass is 9.84. The molecule has 0 aromatic heterocycles. The molecule has 0 spiro atoms. The molecule has 5 nitrogen and oxygen atoms in total. The van der Waals surface area contributed by atoms with E-state index in [0.717, 1.165) is 44.0 Å². The van der Waals surface area contributed by atoms with Gasteiger partial charge in [-0.25, -0.2) is 0 Å². The van der Waals surface area contributed by atoms with Crippen LogP contribution in [-0.4, -0.2) is 42.9 Å².